The van der Waals surface area contributed by atoms with Gasteiger partial charge in [-0.2, -0.15) is 5.10 Å². The molecule has 6 nitrogen and oxygen atoms in total. The summed E-state index contributed by atoms with van der Waals surface area (Å²) in [5.41, 5.74) is 5.10. The third-order valence-corrected chi connectivity index (χ3v) is 5.40. The van der Waals surface area contributed by atoms with Gasteiger partial charge in [-0.15, -0.1) is 0 Å². The lowest BCUT2D eigenvalue weighted by Crippen LogP contribution is -2.28. The van der Waals surface area contributed by atoms with Crippen molar-refractivity contribution in [3.63, 3.8) is 0 Å². The van der Waals surface area contributed by atoms with Crippen molar-refractivity contribution in [1.29, 1.82) is 0 Å². The van der Waals surface area contributed by atoms with Crippen LogP contribution in [0.25, 0.3) is 11.1 Å². The Morgan fingerprint density at radius 2 is 2.07 bits per heavy atom. The van der Waals surface area contributed by atoms with Crippen molar-refractivity contribution in [3.05, 3.63) is 59.5 Å². The van der Waals surface area contributed by atoms with Gasteiger partial charge >= 0.3 is 0 Å². The molecule has 0 saturated carbocycles. The Morgan fingerprint density at radius 3 is 2.79 bits per heavy atom. The SMILES string of the molecule is COc1cccc(CC2CCN(c3ccc(-c4cn[nH]c4C)c(C)n3)C2=O)c1. The van der Waals surface area contributed by atoms with Crippen molar-refractivity contribution >= 4 is 11.7 Å². The van der Waals surface area contributed by atoms with Crippen LogP contribution in [0.15, 0.2) is 42.6 Å². The van der Waals surface area contributed by atoms with Gasteiger partial charge < -0.3 is 4.74 Å². The standard InChI is InChI=1S/C22H24N4O2/c1-14-19(20-13-23-25-15(20)2)7-8-21(24-14)26-10-9-17(22(26)27)11-16-5-4-6-18(12-16)28-3/h4-8,12-13,17H,9-11H2,1-3H3,(H,23,25). The molecular weight excluding hydrogens is 352 g/mol. The minimum absolute atomic E-state index is 0.0231. The van der Waals surface area contributed by atoms with Gasteiger partial charge in [-0.25, -0.2) is 4.98 Å². The van der Waals surface area contributed by atoms with E-state index in [0.29, 0.717) is 6.54 Å². The molecule has 3 heterocycles. The van der Waals surface area contributed by atoms with Gasteiger partial charge in [0.05, 0.1) is 13.3 Å². The van der Waals surface area contributed by atoms with E-state index in [-0.39, 0.29) is 11.8 Å². The van der Waals surface area contributed by atoms with E-state index >= 15 is 0 Å². The Bertz CT molecular complexity index is 1010. The van der Waals surface area contributed by atoms with Crippen LogP contribution in [0, 0.1) is 19.8 Å². The third-order valence-electron chi connectivity index (χ3n) is 5.40. The van der Waals surface area contributed by atoms with Gasteiger partial charge in [0, 0.05) is 35.0 Å². The van der Waals surface area contributed by atoms with E-state index in [1.807, 2.05) is 61.3 Å². The molecule has 1 aliphatic heterocycles. The lowest BCUT2D eigenvalue weighted by atomic mass is 9.98. The molecule has 144 valence electrons. The second-order valence-corrected chi connectivity index (χ2v) is 7.24. The molecule has 1 unspecified atom stereocenters. The molecule has 2 aromatic heterocycles. The van der Waals surface area contributed by atoms with Crippen LogP contribution in [0.2, 0.25) is 0 Å². The van der Waals surface area contributed by atoms with Crippen molar-refractivity contribution in [2.75, 3.05) is 18.6 Å². The fourth-order valence-electron chi connectivity index (χ4n) is 3.84. The number of aryl methyl sites for hydroxylation is 2. The number of aromatic nitrogens is 3. The zero-order chi connectivity index (χ0) is 19.7. The zero-order valence-corrected chi connectivity index (χ0v) is 16.4. The topological polar surface area (TPSA) is 71.1 Å². The van der Waals surface area contributed by atoms with Crippen LogP contribution in [0.5, 0.6) is 5.75 Å². The first-order valence-electron chi connectivity index (χ1n) is 9.49. The van der Waals surface area contributed by atoms with E-state index in [2.05, 4.69) is 10.2 Å². The highest BCUT2D eigenvalue weighted by Crippen LogP contribution is 2.30. The largest absolute Gasteiger partial charge is 0.497 e. The lowest BCUT2D eigenvalue weighted by molar-refractivity contribution is -0.120. The lowest BCUT2D eigenvalue weighted by Gasteiger charge is -2.17. The quantitative estimate of drug-likeness (QED) is 0.737. The number of hydrogen-bond acceptors (Lipinski definition) is 4. The van der Waals surface area contributed by atoms with E-state index in [1.165, 1.54) is 0 Å². The summed E-state index contributed by atoms with van der Waals surface area (Å²) in [6, 6.07) is 11.9. The maximum atomic E-state index is 13.0. The van der Waals surface area contributed by atoms with Gasteiger partial charge in [0.1, 0.15) is 11.6 Å². The molecule has 1 amide bonds. The number of aromatic amines is 1. The van der Waals surface area contributed by atoms with Gasteiger partial charge in [0.15, 0.2) is 0 Å². The molecule has 0 aliphatic carbocycles. The third kappa shape index (κ3) is 3.38. The number of hydrogen-bond donors (Lipinski definition) is 1. The number of benzene rings is 1. The van der Waals surface area contributed by atoms with Crippen molar-refractivity contribution < 1.29 is 9.53 Å². The second-order valence-electron chi connectivity index (χ2n) is 7.24. The number of H-pyrrole nitrogens is 1. The number of carbonyl (C=O) groups is 1. The molecule has 1 atom stereocenters. The minimum Gasteiger partial charge on any atom is -0.497 e. The molecule has 3 aromatic rings. The molecule has 6 heteroatoms. The van der Waals surface area contributed by atoms with Crippen LogP contribution in [0.3, 0.4) is 0 Å². The van der Waals surface area contributed by atoms with Crippen LogP contribution in [-0.2, 0) is 11.2 Å². The van der Waals surface area contributed by atoms with Gasteiger partial charge in [-0.3, -0.25) is 14.8 Å². The van der Waals surface area contributed by atoms with Crippen LogP contribution in [0.1, 0.15) is 23.4 Å². The summed E-state index contributed by atoms with van der Waals surface area (Å²) in [4.78, 5) is 19.5. The Hall–Kier alpha value is -3.15. The van der Waals surface area contributed by atoms with Crippen LogP contribution < -0.4 is 9.64 Å². The average molecular weight is 376 g/mol. The molecule has 1 aromatic carbocycles. The summed E-state index contributed by atoms with van der Waals surface area (Å²) >= 11 is 0. The van der Waals surface area contributed by atoms with E-state index < -0.39 is 0 Å². The maximum absolute atomic E-state index is 13.0. The Kier molecular flexibility index (Phi) is 4.86. The predicted octanol–water partition coefficient (Wildman–Crippen LogP) is 3.69. The molecule has 1 N–H and O–H groups in total. The first kappa shape index (κ1) is 18.2. The summed E-state index contributed by atoms with van der Waals surface area (Å²) < 4.78 is 5.29. The van der Waals surface area contributed by atoms with E-state index in [4.69, 9.17) is 9.72 Å². The number of pyridine rings is 1. The van der Waals surface area contributed by atoms with E-state index in [0.717, 1.165) is 52.5 Å². The number of nitrogens with one attached hydrogen (secondary N) is 1. The highest BCUT2D eigenvalue weighted by atomic mass is 16.5. The summed E-state index contributed by atoms with van der Waals surface area (Å²) in [7, 11) is 1.66. The summed E-state index contributed by atoms with van der Waals surface area (Å²) in [6.07, 6.45) is 3.36. The molecular formula is C22H24N4O2. The van der Waals surface area contributed by atoms with Gasteiger partial charge in [-0.1, -0.05) is 12.1 Å². The number of carbonyl (C=O) groups excluding carboxylic acids is 1. The molecule has 0 spiro atoms. The molecule has 0 radical (unpaired) electrons. The van der Waals surface area contributed by atoms with Crippen molar-refractivity contribution in [2.45, 2.75) is 26.7 Å². The van der Waals surface area contributed by atoms with Crippen LogP contribution in [0.4, 0.5) is 5.82 Å². The van der Waals surface area contributed by atoms with Crippen LogP contribution >= 0.6 is 0 Å². The average Bonchev–Trinajstić information content (AvgIpc) is 3.28. The summed E-state index contributed by atoms with van der Waals surface area (Å²) in [6.45, 7) is 4.66. The van der Waals surface area contributed by atoms with Gasteiger partial charge in [-0.05, 0) is 56.5 Å². The molecule has 0 bridgehead atoms. The first-order valence-corrected chi connectivity index (χ1v) is 9.49. The second kappa shape index (κ2) is 7.46. The number of ether oxygens (including phenoxy) is 1. The fourth-order valence-corrected chi connectivity index (χ4v) is 3.84. The van der Waals surface area contributed by atoms with Crippen LogP contribution in [-0.4, -0.2) is 34.7 Å². The number of rotatable bonds is 5. The number of anilines is 1. The smallest absolute Gasteiger partial charge is 0.231 e. The monoisotopic (exact) mass is 376 g/mol. The Morgan fingerprint density at radius 1 is 1.21 bits per heavy atom. The molecule has 28 heavy (non-hydrogen) atoms. The van der Waals surface area contributed by atoms with Gasteiger partial charge in [0.2, 0.25) is 5.91 Å². The molecule has 4 rings (SSSR count). The normalized spacial score (nSPS) is 16.6. The van der Waals surface area contributed by atoms with Crippen molar-refractivity contribution in [3.8, 4) is 16.9 Å². The van der Waals surface area contributed by atoms with E-state index in [9.17, 15) is 4.79 Å². The highest BCUT2D eigenvalue weighted by molar-refractivity contribution is 5.96. The first-order chi connectivity index (χ1) is 13.6. The van der Waals surface area contributed by atoms with E-state index in [1.54, 1.807) is 7.11 Å². The number of methoxy groups -OCH3 is 1. The Labute approximate surface area is 164 Å². The van der Waals surface area contributed by atoms with Crippen molar-refractivity contribution in [2.24, 2.45) is 5.92 Å². The zero-order valence-electron chi connectivity index (χ0n) is 16.4. The summed E-state index contributed by atoms with van der Waals surface area (Å²) in [5, 5.41) is 7.04. The molecule has 1 saturated heterocycles. The summed E-state index contributed by atoms with van der Waals surface area (Å²) in [5.74, 6) is 1.66. The minimum atomic E-state index is -0.0231. The fraction of sp³-hybridized carbons (Fsp3) is 0.318. The Balaban J connectivity index is 1.52. The van der Waals surface area contributed by atoms with Crippen molar-refractivity contribution in [1.82, 2.24) is 15.2 Å². The predicted molar refractivity (Wildman–Crippen MR) is 108 cm³/mol. The molecule has 1 fully saturated rings. The number of amides is 1. The maximum Gasteiger partial charge on any atom is 0.231 e. The highest BCUT2D eigenvalue weighted by Gasteiger charge is 2.33. The van der Waals surface area contributed by atoms with Gasteiger partial charge in [0.25, 0.3) is 0 Å². The molecule has 1 aliphatic rings. The number of nitrogens with zero attached hydrogens (tertiary/aromatic N) is 3.